The van der Waals surface area contributed by atoms with Gasteiger partial charge in [-0.2, -0.15) is 0 Å². The third-order valence-corrected chi connectivity index (χ3v) is 4.62. The first-order chi connectivity index (χ1) is 8.16. The van der Waals surface area contributed by atoms with Gasteiger partial charge in [-0.15, -0.1) is 0 Å². The Morgan fingerprint density at radius 3 is 2.88 bits per heavy atom. The van der Waals surface area contributed by atoms with E-state index < -0.39 is 6.10 Å². The summed E-state index contributed by atoms with van der Waals surface area (Å²) in [5.41, 5.74) is 0.975. The lowest BCUT2D eigenvalue weighted by atomic mass is 10.2. The number of rotatable bonds is 4. The molecule has 1 unspecified atom stereocenters. The molecule has 2 N–H and O–H groups in total. The summed E-state index contributed by atoms with van der Waals surface area (Å²) >= 11 is 5.69. The van der Waals surface area contributed by atoms with Gasteiger partial charge in [0, 0.05) is 20.3 Å². The van der Waals surface area contributed by atoms with Crippen LogP contribution in [0.3, 0.4) is 0 Å². The maximum Gasteiger partial charge on any atom is 0.134 e. The highest BCUT2D eigenvalue weighted by atomic mass is 127. The average Bonchev–Trinajstić information content (AvgIpc) is 2.84. The van der Waals surface area contributed by atoms with E-state index >= 15 is 0 Å². The Morgan fingerprint density at radius 1 is 1.41 bits per heavy atom. The molecule has 90 valence electrons. The highest BCUT2D eigenvalue weighted by Crippen LogP contribution is 2.23. The molecule has 0 aliphatic rings. The Labute approximate surface area is 121 Å². The third kappa shape index (κ3) is 3.46. The predicted molar refractivity (Wildman–Crippen MR) is 79.0 cm³/mol. The maximum absolute atomic E-state index is 9.83. The smallest absolute Gasteiger partial charge is 0.134 e. The van der Waals surface area contributed by atoms with Crippen LogP contribution in [0.2, 0.25) is 0 Å². The van der Waals surface area contributed by atoms with Crippen molar-refractivity contribution in [2.45, 2.75) is 6.10 Å². The SMILES string of the molecule is OC(CNc1ccc(Br)c(I)c1)c1ccco1. The normalized spacial score (nSPS) is 12.4. The fourth-order valence-electron chi connectivity index (χ4n) is 1.40. The van der Waals surface area contributed by atoms with Crippen molar-refractivity contribution in [1.82, 2.24) is 0 Å². The van der Waals surface area contributed by atoms with Gasteiger partial charge in [0.15, 0.2) is 0 Å². The van der Waals surface area contributed by atoms with E-state index in [9.17, 15) is 5.11 Å². The quantitative estimate of drug-likeness (QED) is 0.758. The van der Waals surface area contributed by atoms with Crippen molar-refractivity contribution in [3.05, 3.63) is 50.4 Å². The second-order valence-corrected chi connectivity index (χ2v) is 5.56. The minimum Gasteiger partial charge on any atom is -0.467 e. The Kier molecular flexibility index (Phi) is 4.47. The summed E-state index contributed by atoms with van der Waals surface area (Å²) in [5, 5.41) is 13.0. The fourth-order valence-corrected chi connectivity index (χ4v) is 2.16. The molecular weight excluding hydrogens is 397 g/mol. The Hall–Kier alpha value is -0.530. The number of nitrogens with one attached hydrogen (secondary N) is 1. The number of aliphatic hydroxyl groups is 1. The zero-order valence-electron chi connectivity index (χ0n) is 8.86. The zero-order valence-corrected chi connectivity index (χ0v) is 12.6. The second-order valence-electron chi connectivity index (χ2n) is 3.54. The molecule has 1 aromatic carbocycles. The molecule has 0 radical (unpaired) electrons. The summed E-state index contributed by atoms with van der Waals surface area (Å²) in [6.45, 7) is 0.422. The summed E-state index contributed by atoms with van der Waals surface area (Å²) in [5.74, 6) is 0.573. The lowest BCUT2D eigenvalue weighted by Gasteiger charge is -2.11. The summed E-state index contributed by atoms with van der Waals surface area (Å²) in [6.07, 6.45) is 0.924. The number of anilines is 1. The van der Waals surface area contributed by atoms with Crippen LogP contribution in [0.25, 0.3) is 0 Å². The van der Waals surface area contributed by atoms with Gasteiger partial charge in [0.2, 0.25) is 0 Å². The number of aliphatic hydroxyl groups excluding tert-OH is 1. The zero-order chi connectivity index (χ0) is 12.3. The van der Waals surface area contributed by atoms with E-state index in [1.807, 2.05) is 18.2 Å². The van der Waals surface area contributed by atoms with Gasteiger partial charge in [0.1, 0.15) is 11.9 Å². The summed E-state index contributed by atoms with van der Waals surface area (Å²) in [6, 6.07) is 9.47. The van der Waals surface area contributed by atoms with E-state index in [0.29, 0.717) is 12.3 Å². The molecule has 5 heteroatoms. The topological polar surface area (TPSA) is 45.4 Å². The van der Waals surface area contributed by atoms with Crippen molar-refractivity contribution in [1.29, 1.82) is 0 Å². The van der Waals surface area contributed by atoms with Crippen LogP contribution < -0.4 is 5.32 Å². The molecule has 2 aromatic rings. The Bertz CT molecular complexity index is 487. The van der Waals surface area contributed by atoms with Gasteiger partial charge in [-0.3, -0.25) is 0 Å². The van der Waals surface area contributed by atoms with Gasteiger partial charge in [0.25, 0.3) is 0 Å². The second kappa shape index (κ2) is 5.88. The van der Waals surface area contributed by atoms with Crippen molar-refractivity contribution >= 4 is 44.2 Å². The number of hydrogen-bond donors (Lipinski definition) is 2. The molecule has 0 aliphatic heterocycles. The van der Waals surface area contributed by atoms with Crippen LogP contribution in [0.4, 0.5) is 5.69 Å². The Morgan fingerprint density at radius 2 is 2.24 bits per heavy atom. The van der Waals surface area contributed by atoms with Crippen molar-refractivity contribution in [3.63, 3.8) is 0 Å². The van der Waals surface area contributed by atoms with Crippen LogP contribution >= 0.6 is 38.5 Å². The number of halogens is 2. The van der Waals surface area contributed by atoms with Crippen molar-refractivity contribution in [3.8, 4) is 0 Å². The molecule has 0 aliphatic carbocycles. The number of hydrogen-bond acceptors (Lipinski definition) is 3. The molecule has 1 atom stereocenters. The van der Waals surface area contributed by atoms with Gasteiger partial charge in [0.05, 0.1) is 6.26 Å². The molecule has 0 fully saturated rings. The summed E-state index contributed by atoms with van der Waals surface area (Å²) in [7, 11) is 0. The average molecular weight is 408 g/mol. The van der Waals surface area contributed by atoms with Gasteiger partial charge < -0.3 is 14.8 Å². The monoisotopic (exact) mass is 407 g/mol. The first-order valence-electron chi connectivity index (χ1n) is 5.07. The predicted octanol–water partition coefficient (Wildman–Crippen LogP) is 3.79. The van der Waals surface area contributed by atoms with Crippen molar-refractivity contribution in [2.75, 3.05) is 11.9 Å². The molecule has 0 saturated carbocycles. The van der Waals surface area contributed by atoms with Gasteiger partial charge >= 0.3 is 0 Å². The molecule has 1 heterocycles. The summed E-state index contributed by atoms with van der Waals surface area (Å²) in [4.78, 5) is 0. The fraction of sp³-hybridized carbons (Fsp3) is 0.167. The van der Waals surface area contributed by atoms with Crippen LogP contribution in [0.5, 0.6) is 0 Å². The highest BCUT2D eigenvalue weighted by molar-refractivity contribution is 14.1. The first-order valence-corrected chi connectivity index (χ1v) is 6.94. The van der Waals surface area contributed by atoms with E-state index in [2.05, 4.69) is 43.8 Å². The van der Waals surface area contributed by atoms with E-state index in [1.165, 1.54) is 0 Å². The van der Waals surface area contributed by atoms with Crippen LogP contribution in [-0.4, -0.2) is 11.7 Å². The van der Waals surface area contributed by atoms with E-state index in [0.717, 1.165) is 13.7 Å². The van der Waals surface area contributed by atoms with E-state index in [4.69, 9.17) is 4.42 Å². The molecule has 0 amide bonds. The molecule has 0 spiro atoms. The highest BCUT2D eigenvalue weighted by Gasteiger charge is 2.09. The third-order valence-electron chi connectivity index (χ3n) is 2.29. The summed E-state index contributed by atoms with van der Waals surface area (Å²) < 4.78 is 7.32. The number of benzene rings is 1. The van der Waals surface area contributed by atoms with Gasteiger partial charge in [-0.25, -0.2) is 0 Å². The minimum atomic E-state index is -0.633. The largest absolute Gasteiger partial charge is 0.467 e. The van der Waals surface area contributed by atoms with Crippen molar-refractivity contribution in [2.24, 2.45) is 0 Å². The Balaban J connectivity index is 1.96. The van der Waals surface area contributed by atoms with Crippen LogP contribution in [0, 0.1) is 3.57 Å². The standard InChI is InChI=1S/C12H11BrINO2/c13-9-4-3-8(6-10(9)14)15-7-11(16)12-2-1-5-17-12/h1-6,11,15-16H,7H2. The first kappa shape index (κ1) is 12.9. The molecule has 0 bridgehead atoms. The lowest BCUT2D eigenvalue weighted by Crippen LogP contribution is -2.11. The molecular formula is C12H11BrINO2. The van der Waals surface area contributed by atoms with Crippen LogP contribution in [0.1, 0.15) is 11.9 Å². The molecule has 1 aromatic heterocycles. The van der Waals surface area contributed by atoms with E-state index in [1.54, 1.807) is 18.4 Å². The maximum atomic E-state index is 9.83. The molecule has 3 nitrogen and oxygen atoms in total. The van der Waals surface area contributed by atoms with Crippen molar-refractivity contribution < 1.29 is 9.52 Å². The van der Waals surface area contributed by atoms with Crippen LogP contribution in [0.15, 0.2) is 45.5 Å². The molecule has 17 heavy (non-hydrogen) atoms. The lowest BCUT2D eigenvalue weighted by molar-refractivity contribution is 0.162. The van der Waals surface area contributed by atoms with Crippen LogP contribution in [-0.2, 0) is 0 Å². The minimum absolute atomic E-state index is 0.422. The van der Waals surface area contributed by atoms with Gasteiger partial charge in [-0.05, 0) is 68.9 Å². The van der Waals surface area contributed by atoms with Gasteiger partial charge in [-0.1, -0.05) is 0 Å². The molecule has 2 rings (SSSR count). The molecule has 0 saturated heterocycles. The van der Waals surface area contributed by atoms with E-state index in [-0.39, 0.29) is 0 Å². The number of furan rings is 1.